The van der Waals surface area contributed by atoms with Crippen molar-refractivity contribution in [3.05, 3.63) is 150 Å². The van der Waals surface area contributed by atoms with Crippen LogP contribution in [0, 0.1) is 0 Å². The van der Waals surface area contributed by atoms with Gasteiger partial charge in [0.15, 0.2) is 0 Å². The van der Waals surface area contributed by atoms with Crippen molar-refractivity contribution in [3.63, 3.8) is 0 Å². The normalized spacial score (nSPS) is 11.7. The van der Waals surface area contributed by atoms with E-state index in [1.807, 2.05) is 30.3 Å². The zero-order valence-electron chi connectivity index (χ0n) is 24.0. The predicted octanol–water partition coefficient (Wildman–Crippen LogP) is 6.57. The van der Waals surface area contributed by atoms with Crippen LogP contribution in [0.3, 0.4) is 0 Å². The minimum atomic E-state index is -1.32. The van der Waals surface area contributed by atoms with Crippen molar-refractivity contribution in [2.24, 2.45) is 0 Å². The molecule has 1 heterocycles. The maximum atomic E-state index is 13.4. The Hall–Kier alpha value is -6.07. The van der Waals surface area contributed by atoms with Crippen LogP contribution in [0.15, 0.2) is 137 Å². The molecule has 0 saturated carbocycles. The molecule has 3 amide bonds. The third kappa shape index (κ3) is 8.10. The lowest BCUT2D eigenvalue weighted by Crippen LogP contribution is -2.30. The van der Waals surface area contributed by atoms with Gasteiger partial charge in [-0.15, -0.1) is 11.8 Å². The third-order valence-corrected chi connectivity index (χ3v) is 7.83. The summed E-state index contributed by atoms with van der Waals surface area (Å²) in [7, 11) is 0. The number of aromatic hydroxyl groups is 1. The van der Waals surface area contributed by atoms with Gasteiger partial charge >= 0.3 is 5.97 Å². The van der Waals surface area contributed by atoms with Crippen LogP contribution in [-0.2, 0) is 9.59 Å². The lowest BCUT2D eigenvalue weighted by atomic mass is 10.1. The van der Waals surface area contributed by atoms with Crippen molar-refractivity contribution >= 4 is 52.9 Å². The summed E-state index contributed by atoms with van der Waals surface area (Å²) in [5, 5.41) is 26.6. The molecule has 230 valence electrons. The summed E-state index contributed by atoms with van der Waals surface area (Å²) in [5.41, 5.74) is 1.40. The standard InChI is InChI=1S/C35H27N3O7S/c39-30-18-15-25(20-28(30)35(43)44)37-34(42)31(22-8-3-1-4-9-22)46-27-16-13-24(14-17-27)36-33(41)29(21-26-12-7-19-45-26)38-32(40)23-10-5-2-6-11-23/h1-21,31,39H,(H,36,41)(H,37,42)(H,38,40)(H,43,44)/b29-21-. The summed E-state index contributed by atoms with van der Waals surface area (Å²) in [5.74, 6) is -2.79. The second-order valence-corrected chi connectivity index (χ2v) is 11.0. The lowest BCUT2D eigenvalue weighted by molar-refractivity contribution is -0.116. The lowest BCUT2D eigenvalue weighted by Gasteiger charge is -2.18. The summed E-state index contributed by atoms with van der Waals surface area (Å²) >= 11 is 1.25. The quantitative estimate of drug-likeness (QED) is 0.0621. The summed E-state index contributed by atoms with van der Waals surface area (Å²) in [4.78, 5) is 51.7. The molecule has 1 atom stereocenters. The van der Waals surface area contributed by atoms with Gasteiger partial charge in [-0.05, 0) is 72.3 Å². The van der Waals surface area contributed by atoms with Crippen LogP contribution in [0.4, 0.5) is 11.4 Å². The number of furan rings is 1. The number of nitrogens with one attached hydrogen (secondary N) is 3. The van der Waals surface area contributed by atoms with Crippen molar-refractivity contribution in [2.75, 3.05) is 10.6 Å². The Morgan fingerprint density at radius 2 is 1.43 bits per heavy atom. The minimum absolute atomic E-state index is 0.0247. The van der Waals surface area contributed by atoms with Crippen molar-refractivity contribution in [1.29, 1.82) is 0 Å². The van der Waals surface area contributed by atoms with E-state index in [1.165, 1.54) is 42.3 Å². The molecule has 10 nitrogen and oxygen atoms in total. The van der Waals surface area contributed by atoms with Gasteiger partial charge in [0.1, 0.15) is 28.0 Å². The zero-order valence-corrected chi connectivity index (χ0v) is 24.9. The zero-order chi connectivity index (χ0) is 32.5. The number of carbonyl (C=O) groups excluding carboxylic acids is 3. The van der Waals surface area contributed by atoms with Gasteiger partial charge in [0.2, 0.25) is 5.91 Å². The van der Waals surface area contributed by atoms with Crippen LogP contribution in [-0.4, -0.2) is 33.9 Å². The smallest absolute Gasteiger partial charge is 0.339 e. The van der Waals surface area contributed by atoms with Crippen LogP contribution >= 0.6 is 11.8 Å². The van der Waals surface area contributed by atoms with Gasteiger partial charge < -0.3 is 30.6 Å². The number of phenols is 1. The van der Waals surface area contributed by atoms with Gasteiger partial charge in [0, 0.05) is 27.9 Å². The number of hydrogen-bond acceptors (Lipinski definition) is 7. The molecule has 0 aliphatic rings. The topological polar surface area (TPSA) is 158 Å². The third-order valence-electron chi connectivity index (χ3n) is 6.56. The van der Waals surface area contributed by atoms with E-state index in [9.17, 15) is 29.4 Å². The van der Waals surface area contributed by atoms with Gasteiger partial charge in [-0.1, -0.05) is 48.5 Å². The Morgan fingerprint density at radius 3 is 2.09 bits per heavy atom. The number of aromatic carboxylic acids is 1. The monoisotopic (exact) mass is 633 g/mol. The Bertz CT molecular complexity index is 1880. The summed E-state index contributed by atoms with van der Waals surface area (Å²) in [6.07, 6.45) is 2.88. The van der Waals surface area contributed by atoms with Crippen molar-refractivity contribution in [3.8, 4) is 5.75 Å². The fraction of sp³-hybridized carbons (Fsp3) is 0.0286. The van der Waals surface area contributed by atoms with Crippen LogP contribution in [0.25, 0.3) is 6.08 Å². The first-order valence-corrected chi connectivity index (χ1v) is 14.8. The molecule has 46 heavy (non-hydrogen) atoms. The summed E-state index contributed by atoms with van der Waals surface area (Å²) < 4.78 is 5.34. The average Bonchev–Trinajstić information content (AvgIpc) is 3.59. The number of benzene rings is 4. The average molecular weight is 634 g/mol. The molecular weight excluding hydrogens is 606 g/mol. The van der Waals surface area contributed by atoms with E-state index in [1.54, 1.807) is 66.7 Å². The Balaban J connectivity index is 1.31. The number of amides is 3. The number of rotatable bonds is 11. The van der Waals surface area contributed by atoms with E-state index >= 15 is 0 Å². The molecule has 0 saturated heterocycles. The van der Waals surface area contributed by atoms with E-state index in [0.717, 1.165) is 0 Å². The number of carboxylic acids is 1. The number of carbonyl (C=O) groups is 4. The van der Waals surface area contributed by atoms with E-state index in [0.29, 0.717) is 27.5 Å². The van der Waals surface area contributed by atoms with Crippen molar-refractivity contribution < 1.29 is 33.8 Å². The fourth-order valence-corrected chi connectivity index (χ4v) is 5.33. The van der Waals surface area contributed by atoms with Gasteiger partial charge in [-0.2, -0.15) is 0 Å². The maximum Gasteiger partial charge on any atom is 0.339 e. The molecular formula is C35H27N3O7S. The van der Waals surface area contributed by atoms with Gasteiger partial charge in [0.05, 0.1) is 6.26 Å². The first-order valence-electron chi connectivity index (χ1n) is 13.9. The molecule has 5 aromatic rings. The predicted molar refractivity (Wildman–Crippen MR) is 174 cm³/mol. The van der Waals surface area contributed by atoms with E-state index in [-0.39, 0.29) is 16.9 Å². The number of carboxylic acid groups (broad SMARTS) is 1. The minimum Gasteiger partial charge on any atom is -0.507 e. The first-order chi connectivity index (χ1) is 22.3. The van der Waals surface area contributed by atoms with Crippen molar-refractivity contribution in [2.45, 2.75) is 10.1 Å². The maximum absolute atomic E-state index is 13.4. The summed E-state index contributed by atoms with van der Waals surface area (Å²) in [6.45, 7) is 0. The SMILES string of the molecule is O=C(Nc1ccc(SC(C(=O)Nc2ccc(O)c(C(=O)O)c2)c2ccccc2)cc1)/C(=C/c1ccco1)NC(=O)c1ccccc1. The highest BCUT2D eigenvalue weighted by Crippen LogP contribution is 2.37. The van der Waals surface area contributed by atoms with Gasteiger partial charge in [0.25, 0.3) is 11.8 Å². The van der Waals surface area contributed by atoms with Crippen LogP contribution < -0.4 is 16.0 Å². The van der Waals surface area contributed by atoms with Crippen molar-refractivity contribution in [1.82, 2.24) is 5.32 Å². The van der Waals surface area contributed by atoms with Crippen LogP contribution in [0.5, 0.6) is 5.75 Å². The molecule has 0 spiro atoms. The van der Waals surface area contributed by atoms with E-state index < -0.39 is 34.7 Å². The second-order valence-electron chi connectivity index (χ2n) is 9.81. The highest BCUT2D eigenvalue weighted by Gasteiger charge is 2.23. The molecule has 5 N–H and O–H groups in total. The van der Waals surface area contributed by atoms with Crippen LogP contribution in [0.1, 0.15) is 37.3 Å². The highest BCUT2D eigenvalue weighted by atomic mass is 32.2. The fourth-order valence-electron chi connectivity index (χ4n) is 4.30. The molecule has 0 fully saturated rings. The summed E-state index contributed by atoms with van der Waals surface area (Å²) in [6, 6.07) is 31.5. The molecule has 0 aliphatic heterocycles. The van der Waals surface area contributed by atoms with Gasteiger partial charge in [-0.25, -0.2) is 4.79 Å². The highest BCUT2D eigenvalue weighted by molar-refractivity contribution is 8.00. The Morgan fingerprint density at radius 1 is 0.761 bits per heavy atom. The molecule has 0 aliphatic carbocycles. The van der Waals surface area contributed by atoms with Crippen LogP contribution in [0.2, 0.25) is 0 Å². The largest absolute Gasteiger partial charge is 0.507 e. The molecule has 0 bridgehead atoms. The second kappa shape index (κ2) is 14.6. The molecule has 1 aromatic heterocycles. The molecule has 5 rings (SSSR count). The van der Waals surface area contributed by atoms with Gasteiger partial charge in [-0.3, -0.25) is 14.4 Å². The molecule has 0 radical (unpaired) electrons. The Kier molecular flexibility index (Phi) is 9.95. The Labute approximate surface area is 267 Å². The van der Waals surface area contributed by atoms with E-state index in [2.05, 4.69) is 16.0 Å². The molecule has 11 heteroatoms. The number of hydrogen-bond donors (Lipinski definition) is 5. The number of thioether (sulfide) groups is 1. The molecule has 1 unspecified atom stereocenters. The number of anilines is 2. The van der Waals surface area contributed by atoms with E-state index in [4.69, 9.17) is 4.42 Å². The first kappa shape index (κ1) is 31.4. The molecule has 4 aromatic carbocycles.